The Morgan fingerprint density at radius 3 is 2.62 bits per heavy atom. The molecule has 0 bridgehead atoms. The van der Waals surface area contributed by atoms with Gasteiger partial charge in [0.1, 0.15) is 10.7 Å². The molecule has 0 fully saturated rings. The molecule has 6 nitrogen and oxygen atoms in total. The number of rotatable bonds is 8. The standard InChI is InChI=1S/C13H22BrN3O3S/c1-5-20-8-11(9(2)3)17-21(18,19)12-6-10(14)7-16-13(12)15-4/h6-7,9,11,17H,5,8H2,1-4H3,(H,15,16). The maximum absolute atomic E-state index is 12.6. The highest BCUT2D eigenvalue weighted by Gasteiger charge is 2.25. The van der Waals surface area contributed by atoms with Gasteiger partial charge in [0.15, 0.2) is 0 Å². The van der Waals surface area contributed by atoms with Crippen molar-refractivity contribution in [1.82, 2.24) is 9.71 Å². The molecule has 1 aromatic rings. The average Bonchev–Trinajstić information content (AvgIpc) is 2.43. The van der Waals surface area contributed by atoms with Crippen LogP contribution >= 0.6 is 15.9 Å². The molecule has 0 amide bonds. The molecule has 0 saturated carbocycles. The number of aromatic nitrogens is 1. The molecule has 1 heterocycles. The van der Waals surface area contributed by atoms with Gasteiger partial charge in [0, 0.05) is 30.4 Å². The van der Waals surface area contributed by atoms with Crippen molar-refractivity contribution in [3.8, 4) is 0 Å². The van der Waals surface area contributed by atoms with Crippen molar-refractivity contribution < 1.29 is 13.2 Å². The van der Waals surface area contributed by atoms with Crippen LogP contribution in [0.25, 0.3) is 0 Å². The summed E-state index contributed by atoms with van der Waals surface area (Å²) < 4.78 is 33.8. The number of pyridine rings is 1. The van der Waals surface area contributed by atoms with Gasteiger partial charge in [0.25, 0.3) is 0 Å². The van der Waals surface area contributed by atoms with Gasteiger partial charge in [0.2, 0.25) is 10.0 Å². The molecule has 120 valence electrons. The Morgan fingerprint density at radius 1 is 1.43 bits per heavy atom. The van der Waals surface area contributed by atoms with E-state index in [0.717, 1.165) is 0 Å². The number of sulfonamides is 1. The molecule has 0 radical (unpaired) electrons. The minimum Gasteiger partial charge on any atom is -0.380 e. The molecule has 0 aliphatic rings. The van der Waals surface area contributed by atoms with Gasteiger partial charge >= 0.3 is 0 Å². The molecule has 0 aliphatic carbocycles. The Morgan fingerprint density at radius 2 is 2.10 bits per heavy atom. The average molecular weight is 380 g/mol. The molecule has 0 aliphatic heterocycles. The number of nitrogens with one attached hydrogen (secondary N) is 2. The van der Waals surface area contributed by atoms with Gasteiger partial charge in [-0.1, -0.05) is 13.8 Å². The zero-order valence-corrected chi connectivity index (χ0v) is 15.1. The van der Waals surface area contributed by atoms with E-state index in [-0.39, 0.29) is 16.9 Å². The van der Waals surface area contributed by atoms with Crippen LogP contribution in [0.2, 0.25) is 0 Å². The van der Waals surface area contributed by atoms with Crippen molar-refractivity contribution in [3.63, 3.8) is 0 Å². The first-order chi connectivity index (χ1) is 9.81. The van der Waals surface area contributed by atoms with Crippen molar-refractivity contribution in [2.24, 2.45) is 5.92 Å². The summed E-state index contributed by atoms with van der Waals surface area (Å²) >= 11 is 3.25. The van der Waals surface area contributed by atoms with E-state index in [1.165, 1.54) is 6.07 Å². The van der Waals surface area contributed by atoms with Crippen LogP contribution < -0.4 is 10.0 Å². The Balaban J connectivity index is 3.07. The fourth-order valence-electron chi connectivity index (χ4n) is 1.68. The topological polar surface area (TPSA) is 80.3 Å². The molecule has 0 aromatic carbocycles. The smallest absolute Gasteiger partial charge is 0.244 e. The quantitative estimate of drug-likeness (QED) is 0.723. The predicted octanol–water partition coefficient (Wildman–Crippen LogP) is 2.23. The Hall–Kier alpha value is -0.700. The van der Waals surface area contributed by atoms with Crippen molar-refractivity contribution in [2.75, 3.05) is 25.6 Å². The van der Waals surface area contributed by atoms with Crippen LogP contribution in [0.3, 0.4) is 0 Å². The van der Waals surface area contributed by atoms with E-state index in [0.29, 0.717) is 23.5 Å². The van der Waals surface area contributed by atoms with Crippen molar-refractivity contribution in [3.05, 3.63) is 16.7 Å². The fourth-order valence-corrected chi connectivity index (χ4v) is 3.72. The number of anilines is 1. The molecular weight excluding hydrogens is 358 g/mol. The second-order valence-corrected chi connectivity index (χ2v) is 7.48. The molecule has 8 heteroatoms. The highest BCUT2D eigenvalue weighted by molar-refractivity contribution is 9.10. The lowest BCUT2D eigenvalue weighted by molar-refractivity contribution is 0.116. The maximum Gasteiger partial charge on any atom is 0.244 e. The summed E-state index contributed by atoms with van der Waals surface area (Å²) in [7, 11) is -2.05. The van der Waals surface area contributed by atoms with Crippen LogP contribution in [0.15, 0.2) is 21.6 Å². The third kappa shape index (κ3) is 5.21. The van der Waals surface area contributed by atoms with E-state index in [9.17, 15) is 8.42 Å². The lowest BCUT2D eigenvalue weighted by Crippen LogP contribution is -2.42. The largest absolute Gasteiger partial charge is 0.380 e. The van der Waals surface area contributed by atoms with E-state index in [4.69, 9.17) is 4.74 Å². The number of hydrogen-bond donors (Lipinski definition) is 2. The van der Waals surface area contributed by atoms with Gasteiger partial charge in [-0.25, -0.2) is 18.1 Å². The van der Waals surface area contributed by atoms with E-state index in [1.54, 1.807) is 13.2 Å². The molecule has 1 rings (SSSR count). The lowest BCUT2D eigenvalue weighted by Gasteiger charge is -2.22. The minimum atomic E-state index is -3.69. The lowest BCUT2D eigenvalue weighted by atomic mass is 10.1. The third-order valence-corrected chi connectivity index (χ3v) is 4.90. The summed E-state index contributed by atoms with van der Waals surface area (Å²) in [5, 5.41) is 2.79. The normalized spacial score (nSPS) is 13.4. The van der Waals surface area contributed by atoms with Gasteiger partial charge < -0.3 is 10.1 Å². The first-order valence-corrected chi connectivity index (χ1v) is 9.02. The highest BCUT2D eigenvalue weighted by Crippen LogP contribution is 2.23. The van der Waals surface area contributed by atoms with E-state index in [2.05, 4.69) is 31.0 Å². The molecular formula is C13H22BrN3O3S. The van der Waals surface area contributed by atoms with Crippen LogP contribution in [-0.2, 0) is 14.8 Å². The van der Waals surface area contributed by atoms with Crippen LogP contribution in [0.4, 0.5) is 5.82 Å². The molecule has 0 saturated heterocycles. The molecule has 2 N–H and O–H groups in total. The summed E-state index contributed by atoms with van der Waals surface area (Å²) in [6.45, 7) is 6.66. The van der Waals surface area contributed by atoms with Gasteiger partial charge in [-0.3, -0.25) is 0 Å². The summed E-state index contributed by atoms with van der Waals surface area (Å²) in [6.07, 6.45) is 1.55. The molecule has 1 atom stereocenters. The third-order valence-electron chi connectivity index (χ3n) is 2.96. The van der Waals surface area contributed by atoms with Crippen LogP contribution in [0.5, 0.6) is 0 Å². The first kappa shape index (κ1) is 18.3. The summed E-state index contributed by atoms with van der Waals surface area (Å²) in [5.74, 6) is 0.425. The Bertz CT molecular complexity index is 564. The summed E-state index contributed by atoms with van der Waals surface area (Å²) in [4.78, 5) is 4.18. The minimum absolute atomic E-state index is 0.113. The van der Waals surface area contributed by atoms with Crippen LogP contribution in [0, 0.1) is 5.92 Å². The van der Waals surface area contributed by atoms with Gasteiger partial charge in [0.05, 0.1) is 6.61 Å². The fraction of sp³-hybridized carbons (Fsp3) is 0.615. The summed E-state index contributed by atoms with van der Waals surface area (Å²) in [5.41, 5.74) is 0. The molecule has 1 aromatic heterocycles. The van der Waals surface area contributed by atoms with E-state index >= 15 is 0 Å². The predicted molar refractivity (Wildman–Crippen MR) is 86.9 cm³/mol. The van der Waals surface area contributed by atoms with E-state index < -0.39 is 10.0 Å². The van der Waals surface area contributed by atoms with Gasteiger partial charge in [-0.2, -0.15) is 0 Å². The number of halogens is 1. The number of hydrogen-bond acceptors (Lipinski definition) is 5. The van der Waals surface area contributed by atoms with E-state index in [1.807, 2.05) is 20.8 Å². The second kappa shape index (κ2) is 8.07. The highest BCUT2D eigenvalue weighted by atomic mass is 79.9. The molecule has 0 spiro atoms. The Kier molecular flexibility index (Phi) is 7.05. The second-order valence-electron chi connectivity index (χ2n) is 4.88. The first-order valence-electron chi connectivity index (χ1n) is 6.75. The zero-order chi connectivity index (χ0) is 16.0. The monoisotopic (exact) mass is 379 g/mol. The zero-order valence-electron chi connectivity index (χ0n) is 12.7. The van der Waals surface area contributed by atoms with Crippen molar-refractivity contribution in [1.29, 1.82) is 0 Å². The summed E-state index contributed by atoms with van der Waals surface area (Å²) in [6, 6.07) is 1.23. The van der Waals surface area contributed by atoms with Gasteiger partial charge in [-0.05, 0) is 34.8 Å². The number of nitrogens with zero attached hydrogens (tertiary/aromatic N) is 1. The van der Waals surface area contributed by atoms with Crippen LogP contribution in [-0.4, -0.2) is 39.7 Å². The number of ether oxygens (including phenoxy) is 1. The molecule has 21 heavy (non-hydrogen) atoms. The van der Waals surface area contributed by atoms with Crippen molar-refractivity contribution in [2.45, 2.75) is 31.7 Å². The molecule has 1 unspecified atom stereocenters. The van der Waals surface area contributed by atoms with Crippen molar-refractivity contribution >= 4 is 31.8 Å². The Labute approximate surface area is 134 Å². The van der Waals surface area contributed by atoms with Gasteiger partial charge in [-0.15, -0.1) is 0 Å². The maximum atomic E-state index is 12.6. The van der Waals surface area contributed by atoms with Crippen LogP contribution in [0.1, 0.15) is 20.8 Å². The SMILES string of the molecule is CCOCC(NS(=O)(=O)c1cc(Br)cnc1NC)C(C)C.